The molecule has 17 atom stereocenters. The Morgan fingerprint density at radius 3 is 1.14 bits per heavy atom. The average molecular weight is 1350 g/mol. The first-order valence-electron chi connectivity index (χ1n) is 37.7. The molecule has 17 unspecified atom stereocenters. The number of rotatable bonds is 58. The molecule has 3 aliphatic heterocycles. The summed E-state index contributed by atoms with van der Waals surface area (Å²) in [5.74, 6) is -0.279. The topological polar surface area (TPSA) is 307 Å². The lowest BCUT2D eigenvalue weighted by atomic mass is 9.96. The fraction of sp³-hybridized carbons (Fsp3) is 0.829. The highest BCUT2D eigenvalue weighted by molar-refractivity contribution is 5.76. The highest BCUT2D eigenvalue weighted by atomic mass is 16.8. The standard InChI is InChI=1S/C76H135NO18/c1-3-5-7-9-11-13-15-17-19-21-23-25-27-28-29-30-32-34-36-38-40-42-44-46-48-50-52-54-64(82)77-59(60(81)53-51-49-47-45-43-41-39-37-35-33-31-26-24-22-20-18-16-14-12-10-8-6-4-2)58-90-74-70(88)67(85)72(62(56-79)92-74)95-76-71(89)68(86)73(63(57-80)93-76)94-75-69(87)66(84)65(83)61(55-78)91-75/h5,7,11,13,17,19,23,25,28-29,51,53,59-63,65-76,78-81,83-89H,3-4,6,8-10,12,14-16,18,20-22,24,26-27,30-50,52,54-58H2,1-2H3,(H,77,82)/b7-5-,13-11-,19-17-,25-23-,29-28-,53-51+. The smallest absolute Gasteiger partial charge is 0.220 e. The third-order valence-corrected chi connectivity index (χ3v) is 18.5. The summed E-state index contributed by atoms with van der Waals surface area (Å²) >= 11 is 0. The molecule has 12 N–H and O–H groups in total. The van der Waals surface area contributed by atoms with Gasteiger partial charge in [-0.05, 0) is 64.2 Å². The number of carbonyl (C=O) groups is 1. The zero-order valence-electron chi connectivity index (χ0n) is 58.6. The summed E-state index contributed by atoms with van der Waals surface area (Å²) in [4.78, 5) is 13.5. The minimum Gasteiger partial charge on any atom is -0.394 e. The average Bonchev–Trinajstić information content (AvgIpc) is 0.787. The fourth-order valence-corrected chi connectivity index (χ4v) is 12.5. The van der Waals surface area contributed by atoms with E-state index >= 15 is 0 Å². The van der Waals surface area contributed by atoms with E-state index in [9.17, 15) is 61.0 Å². The molecule has 19 heteroatoms. The van der Waals surface area contributed by atoms with Gasteiger partial charge in [-0.15, -0.1) is 0 Å². The second-order valence-electron chi connectivity index (χ2n) is 26.7. The number of carbonyl (C=O) groups excluding carboxylic acids is 1. The Bertz CT molecular complexity index is 2000. The van der Waals surface area contributed by atoms with Crippen LogP contribution in [0.4, 0.5) is 0 Å². The Kier molecular flexibility index (Phi) is 51.8. The van der Waals surface area contributed by atoms with E-state index in [0.29, 0.717) is 6.42 Å². The molecule has 0 aromatic carbocycles. The van der Waals surface area contributed by atoms with Crippen LogP contribution in [0.1, 0.15) is 271 Å². The second-order valence-corrected chi connectivity index (χ2v) is 26.7. The third kappa shape index (κ3) is 38.0. The van der Waals surface area contributed by atoms with E-state index in [0.717, 1.165) is 89.9 Å². The quantitative estimate of drug-likeness (QED) is 0.0199. The first-order chi connectivity index (χ1) is 46.3. The summed E-state index contributed by atoms with van der Waals surface area (Å²) in [6.07, 6.45) is 45.8. The van der Waals surface area contributed by atoms with E-state index in [1.807, 2.05) is 6.08 Å². The predicted octanol–water partition coefficient (Wildman–Crippen LogP) is 11.3. The van der Waals surface area contributed by atoms with E-state index in [1.54, 1.807) is 6.08 Å². The molecule has 0 aromatic heterocycles. The Hall–Kier alpha value is -2.77. The fourth-order valence-electron chi connectivity index (χ4n) is 12.5. The molecule has 552 valence electrons. The van der Waals surface area contributed by atoms with Gasteiger partial charge in [-0.25, -0.2) is 0 Å². The van der Waals surface area contributed by atoms with Crippen LogP contribution in [-0.4, -0.2) is 193 Å². The maximum Gasteiger partial charge on any atom is 0.220 e. The number of nitrogens with one attached hydrogen (secondary N) is 1. The van der Waals surface area contributed by atoms with Crippen LogP contribution in [-0.2, 0) is 33.2 Å². The number of amides is 1. The minimum absolute atomic E-state index is 0.237. The Morgan fingerprint density at radius 1 is 0.389 bits per heavy atom. The molecule has 3 aliphatic rings. The van der Waals surface area contributed by atoms with Gasteiger partial charge in [0.1, 0.15) is 73.2 Å². The maximum absolute atomic E-state index is 13.5. The van der Waals surface area contributed by atoms with Crippen molar-refractivity contribution in [3.05, 3.63) is 72.9 Å². The van der Waals surface area contributed by atoms with E-state index in [-0.39, 0.29) is 18.9 Å². The van der Waals surface area contributed by atoms with Gasteiger partial charge in [0, 0.05) is 6.42 Å². The van der Waals surface area contributed by atoms with Crippen LogP contribution in [0.3, 0.4) is 0 Å². The van der Waals surface area contributed by atoms with Crippen LogP contribution in [0.2, 0.25) is 0 Å². The molecule has 3 fully saturated rings. The highest BCUT2D eigenvalue weighted by Gasteiger charge is 2.53. The molecule has 3 saturated heterocycles. The summed E-state index contributed by atoms with van der Waals surface area (Å²) in [5, 5.41) is 121. The molecular weight excluding hydrogens is 1210 g/mol. The van der Waals surface area contributed by atoms with Gasteiger partial charge in [-0.3, -0.25) is 4.79 Å². The zero-order valence-corrected chi connectivity index (χ0v) is 58.6. The first-order valence-corrected chi connectivity index (χ1v) is 37.7. The highest BCUT2D eigenvalue weighted by Crippen LogP contribution is 2.33. The van der Waals surface area contributed by atoms with Gasteiger partial charge < -0.3 is 89.9 Å². The van der Waals surface area contributed by atoms with Gasteiger partial charge in [0.25, 0.3) is 0 Å². The summed E-state index contributed by atoms with van der Waals surface area (Å²) < 4.78 is 34.4. The van der Waals surface area contributed by atoms with E-state index in [1.165, 1.54) is 154 Å². The molecule has 3 rings (SSSR count). The summed E-state index contributed by atoms with van der Waals surface area (Å²) in [5.41, 5.74) is 0. The van der Waals surface area contributed by atoms with E-state index in [2.05, 4.69) is 79.9 Å². The van der Waals surface area contributed by atoms with Gasteiger partial charge in [0.15, 0.2) is 18.9 Å². The van der Waals surface area contributed by atoms with E-state index < -0.39 is 124 Å². The molecule has 19 nitrogen and oxygen atoms in total. The van der Waals surface area contributed by atoms with Crippen molar-refractivity contribution in [3.8, 4) is 0 Å². The van der Waals surface area contributed by atoms with Crippen molar-refractivity contribution < 1.29 is 89.4 Å². The molecule has 3 heterocycles. The van der Waals surface area contributed by atoms with Crippen molar-refractivity contribution in [2.24, 2.45) is 0 Å². The van der Waals surface area contributed by atoms with Crippen LogP contribution in [0.25, 0.3) is 0 Å². The monoisotopic (exact) mass is 1350 g/mol. The van der Waals surface area contributed by atoms with E-state index in [4.69, 9.17) is 28.4 Å². The zero-order chi connectivity index (χ0) is 68.9. The third-order valence-electron chi connectivity index (χ3n) is 18.5. The second kappa shape index (κ2) is 56.9. The Labute approximate surface area is 572 Å². The number of aliphatic hydroxyl groups excluding tert-OH is 11. The molecule has 95 heavy (non-hydrogen) atoms. The van der Waals surface area contributed by atoms with Gasteiger partial charge in [-0.2, -0.15) is 0 Å². The van der Waals surface area contributed by atoms with Crippen molar-refractivity contribution >= 4 is 5.91 Å². The molecule has 0 saturated carbocycles. The van der Waals surface area contributed by atoms with Crippen molar-refractivity contribution in [3.63, 3.8) is 0 Å². The van der Waals surface area contributed by atoms with Crippen LogP contribution in [0.15, 0.2) is 72.9 Å². The van der Waals surface area contributed by atoms with Crippen LogP contribution < -0.4 is 5.32 Å². The largest absolute Gasteiger partial charge is 0.394 e. The Balaban J connectivity index is 1.41. The van der Waals surface area contributed by atoms with Gasteiger partial charge in [-0.1, -0.05) is 273 Å². The first kappa shape index (κ1) is 86.5. The number of allylic oxidation sites excluding steroid dienone is 11. The SMILES string of the molecule is CC/C=C\C/C=C\C/C=C\C/C=C\C/C=C\CCCCCCCCCCCCCC(=O)NC(COC1OC(CO)C(OC2OC(CO)C(OC3OC(CO)C(O)C(O)C3O)C(O)C2O)C(O)C1O)C(O)/C=C/CCCCCCCCCCCCCCCCCCCCCCC. The summed E-state index contributed by atoms with van der Waals surface area (Å²) in [6, 6.07) is -0.980. The normalized spacial score (nSPS) is 27.6. The van der Waals surface area contributed by atoms with Crippen molar-refractivity contribution in [2.45, 2.75) is 375 Å². The molecular formula is C76H135NO18. The summed E-state index contributed by atoms with van der Waals surface area (Å²) in [6.45, 7) is 1.64. The number of unbranched alkanes of at least 4 members (excludes halogenated alkanes) is 32. The number of hydrogen-bond acceptors (Lipinski definition) is 18. The van der Waals surface area contributed by atoms with Crippen molar-refractivity contribution in [1.82, 2.24) is 5.32 Å². The minimum atomic E-state index is -1.98. The van der Waals surface area contributed by atoms with Gasteiger partial charge >= 0.3 is 0 Å². The molecule has 0 spiro atoms. The molecule has 0 radical (unpaired) electrons. The maximum atomic E-state index is 13.5. The predicted molar refractivity (Wildman–Crippen MR) is 374 cm³/mol. The number of aliphatic hydroxyl groups is 11. The molecule has 1 amide bonds. The van der Waals surface area contributed by atoms with Crippen molar-refractivity contribution in [1.29, 1.82) is 0 Å². The molecule has 0 aromatic rings. The molecule has 0 aliphatic carbocycles. The Morgan fingerprint density at radius 2 is 0.726 bits per heavy atom. The van der Waals surface area contributed by atoms with Crippen LogP contribution in [0, 0.1) is 0 Å². The van der Waals surface area contributed by atoms with Crippen molar-refractivity contribution in [2.75, 3.05) is 26.4 Å². The van der Waals surface area contributed by atoms with Crippen LogP contribution in [0.5, 0.6) is 0 Å². The number of ether oxygens (including phenoxy) is 6. The van der Waals surface area contributed by atoms with Gasteiger partial charge in [0.2, 0.25) is 5.91 Å². The molecule has 0 bridgehead atoms. The lowest BCUT2D eigenvalue weighted by Gasteiger charge is -2.48. The summed E-state index contributed by atoms with van der Waals surface area (Å²) in [7, 11) is 0. The number of hydrogen-bond donors (Lipinski definition) is 12. The lowest BCUT2D eigenvalue weighted by Crippen LogP contribution is -2.66. The van der Waals surface area contributed by atoms with Crippen LogP contribution >= 0.6 is 0 Å². The van der Waals surface area contributed by atoms with Gasteiger partial charge in [0.05, 0.1) is 38.6 Å². The lowest BCUT2D eigenvalue weighted by molar-refractivity contribution is -0.379.